The van der Waals surface area contributed by atoms with Gasteiger partial charge in [-0.2, -0.15) is 0 Å². The lowest BCUT2D eigenvalue weighted by Crippen LogP contribution is -2.48. The van der Waals surface area contributed by atoms with Gasteiger partial charge in [0.15, 0.2) is 0 Å². The van der Waals surface area contributed by atoms with E-state index in [1.54, 1.807) is 0 Å². The second-order valence-electron chi connectivity index (χ2n) is 7.56. The van der Waals surface area contributed by atoms with E-state index in [1.807, 2.05) is 29.2 Å². The van der Waals surface area contributed by atoms with E-state index in [0.29, 0.717) is 31.6 Å². The molecule has 0 unspecified atom stereocenters. The summed E-state index contributed by atoms with van der Waals surface area (Å²) in [6.45, 7) is 4.32. The molecule has 4 rings (SSSR count). The predicted molar refractivity (Wildman–Crippen MR) is 104 cm³/mol. The maximum absolute atomic E-state index is 12.6. The number of fused-ring (bicyclic) bond motifs is 1. The molecule has 142 valence electrons. The summed E-state index contributed by atoms with van der Waals surface area (Å²) < 4.78 is 6.02. The summed E-state index contributed by atoms with van der Waals surface area (Å²) in [6.07, 6.45) is 5.58. The van der Waals surface area contributed by atoms with Crippen LogP contribution in [0.5, 0.6) is 0 Å². The topological polar surface area (TPSA) is 75.3 Å². The summed E-state index contributed by atoms with van der Waals surface area (Å²) in [5, 5.41) is 0. The third-order valence-corrected chi connectivity index (χ3v) is 5.60. The van der Waals surface area contributed by atoms with Crippen molar-refractivity contribution in [1.82, 2.24) is 14.9 Å². The van der Waals surface area contributed by atoms with Crippen LogP contribution in [-0.2, 0) is 16.0 Å². The van der Waals surface area contributed by atoms with Crippen LogP contribution in [0.4, 0.5) is 0 Å². The van der Waals surface area contributed by atoms with E-state index in [0.717, 1.165) is 36.9 Å². The summed E-state index contributed by atoms with van der Waals surface area (Å²) >= 11 is 0. The van der Waals surface area contributed by atoms with E-state index in [2.05, 4.69) is 23.0 Å². The first-order valence-corrected chi connectivity index (χ1v) is 9.63. The fourth-order valence-corrected chi connectivity index (χ4v) is 4.02. The minimum Gasteiger partial charge on any atom is -0.370 e. The van der Waals surface area contributed by atoms with Gasteiger partial charge >= 0.3 is 0 Å². The Hall–Kier alpha value is -2.47. The number of aryl methyl sites for hydroxylation is 1. The molecule has 27 heavy (non-hydrogen) atoms. The molecule has 2 aliphatic heterocycles. The monoisotopic (exact) mass is 367 g/mol. The molecule has 1 aromatic heterocycles. The zero-order valence-corrected chi connectivity index (χ0v) is 15.7. The third-order valence-electron chi connectivity index (χ3n) is 5.60. The Bertz CT molecular complexity index is 939. The van der Waals surface area contributed by atoms with E-state index in [1.165, 1.54) is 5.57 Å². The Kier molecular flexibility index (Phi) is 4.83. The summed E-state index contributed by atoms with van der Waals surface area (Å²) in [5.41, 5.74) is 2.87. The van der Waals surface area contributed by atoms with E-state index < -0.39 is 0 Å². The molecule has 0 bridgehead atoms. The summed E-state index contributed by atoms with van der Waals surface area (Å²) in [4.78, 5) is 34.0. The first-order valence-electron chi connectivity index (χ1n) is 9.63. The molecular weight excluding hydrogens is 342 g/mol. The lowest BCUT2D eigenvalue weighted by molar-refractivity contribution is -0.136. The van der Waals surface area contributed by atoms with Gasteiger partial charge < -0.3 is 14.6 Å². The lowest BCUT2D eigenvalue weighted by atomic mass is 9.87. The highest BCUT2D eigenvalue weighted by atomic mass is 16.5. The number of hydrogen-bond acceptors (Lipinski definition) is 4. The first-order chi connectivity index (χ1) is 13.0. The molecule has 1 fully saturated rings. The minimum atomic E-state index is -0.213. The number of amides is 1. The Morgan fingerprint density at radius 3 is 2.85 bits per heavy atom. The number of aromatic nitrogens is 2. The van der Waals surface area contributed by atoms with Crippen molar-refractivity contribution in [3.8, 4) is 0 Å². The summed E-state index contributed by atoms with van der Waals surface area (Å²) in [7, 11) is 0. The minimum absolute atomic E-state index is 0.0794. The van der Waals surface area contributed by atoms with Crippen molar-refractivity contribution in [3.05, 3.63) is 52.0 Å². The van der Waals surface area contributed by atoms with Gasteiger partial charge in [0.2, 0.25) is 5.91 Å². The van der Waals surface area contributed by atoms with Gasteiger partial charge in [-0.1, -0.05) is 23.8 Å². The van der Waals surface area contributed by atoms with Crippen LogP contribution in [0.3, 0.4) is 0 Å². The van der Waals surface area contributed by atoms with E-state index >= 15 is 0 Å². The van der Waals surface area contributed by atoms with Gasteiger partial charge in [-0.25, -0.2) is 4.98 Å². The Balaban J connectivity index is 1.37. The number of likely N-dealkylation sites (tertiary alicyclic amines) is 1. The highest BCUT2D eigenvalue weighted by Crippen LogP contribution is 2.33. The smallest absolute Gasteiger partial charge is 0.270 e. The molecule has 0 radical (unpaired) electrons. The molecule has 3 heterocycles. The van der Waals surface area contributed by atoms with E-state index in [4.69, 9.17) is 4.74 Å². The van der Waals surface area contributed by atoms with Crippen LogP contribution in [0.25, 0.3) is 11.0 Å². The maximum atomic E-state index is 12.6. The standard InChI is InChI=1S/C21H25N3O3/c1-15-8-13-27-21(14-15)9-11-24(12-10-21)19(25)7-6-18-20(26)23-17-5-3-2-4-16(17)22-18/h2-5,14H,6-13H2,1H3,(H,23,26). The molecule has 1 amide bonds. The number of hydrogen-bond donors (Lipinski definition) is 1. The van der Waals surface area contributed by atoms with Crippen LogP contribution < -0.4 is 5.56 Å². The number of nitrogens with zero attached hydrogens (tertiary/aromatic N) is 2. The number of aromatic amines is 1. The molecule has 1 saturated heterocycles. The number of benzene rings is 1. The average molecular weight is 367 g/mol. The highest BCUT2D eigenvalue weighted by molar-refractivity contribution is 5.77. The molecule has 2 aromatic rings. The van der Waals surface area contributed by atoms with Crippen molar-refractivity contribution in [1.29, 1.82) is 0 Å². The van der Waals surface area contributed by atoms with Gasteiger partial charge in [0.05, 0.1) is 23.2 Å². The molecule has 1 N–H and O–H groups in total. The Labute approximate surface area is 158 Å². The molecule has 0 aliphatic carbocycles. The second-order valence-corrected chi connectivity index (χ2v) is 7.56. The number of para-hydroxylation sites is 2. The number of ether oxygens (including phenoxy) is 1. The van der Waals surface area contributed by atoms with Crippen LogP contribution in [0.2, 0.25) is 0 Å². The van der Waals surface area contributed by atoms with Gasteiger partial charge in [0.1, 0.15) is 5.69 Å². The SMILES string of the molecule is CC1=CC2(CCN(C(=O)CCc3nc4ccccc4[nH]c3=O)CC2)OCC1. The molecule has 0 saturated carbocycles. The number of rotatable bonds is 3. The van der Waals surface area contributed by atoms with Crippen LogP contribution in [-0.4, -0.2) is 46.1 Å². The highest BCUT2D eigenvalue weighted by Gasteiger charge is 2.36. The van der Waals surface area contributed by atoms with Crippen LogP contribution in [0.1, 0.15) is 38.3 Å². The molecule has 2 aliphatic rings. The fraction of sp³-hybridized carbons (Fsp3) is 0.476. The van der Waals surface area contributed by atoms with E-state index in [-0.39, 0.29) is 17.1 Å². The van der Waals surface area contributed by atoms with Crippen molar-refractivity contribution in [2.75, 3.05) is 19.7 Å². The molecule has 6 nitrogen and oxygen atoms in total. The normalized spacial score (nSPS) is 19.3. The van der Waals surface area contributed by atoms with Gasteiger partial charge in [-0.3, -0.25) is 9.59 Å². The van der Waals surface area contributed by atoms with Gasteiger partial charge in [0, 0.05) is 25.9 Å². The molecule has 0 atom stereocenters. The van der Waals surface area contributed by atoms with Crippen molar-refractivity contribution >= 4 is 16.9 Å². The summed E-state index contributed by atoms with van der Waals surface area (Å²) in [5.74, 6) is 0.0794. The summed E-state index contributed by atoms with van der Waals surface area (Å²) in [6, 6.07) is 7.43. The largest absolute Gasteiger partial charge is 0.370 e. The van der Waals surface area contributed by atoms with Gasteiger partial charge in [-0.05, 0) is 38.3 Å². The number of carbonyl (C=O) groups excluding carboxylic acids is 1. The van der Waals surface area contributed by atoms with Gasteiger partial charge in [-0.15, -0.1) is 0 Å². The van der Waals surface area contributed by atoms with Crippen LogP contribution >= 0.6 is 0 Å². The van der Waals surface area contributed by atoms with E-state index in [9.17, 15) is 9.59 Å². The molecule has 6 heteroatoms. The zero-order chi connectivity index (χ0) is 18.9. The van der Waals surface area contributed by atoms with Crippen molar-refractivity contribution < 1.29 is 9.53 Å². The lowest BCUT2D eigenvalue weighted by Gasteiger charge is -2.42. The van der Waals surface area contributed by atoms with Gasteiger partial charge in [0.25, 0.3) is 5.56 Å². The third kappa shape index (κ3) is 3.81. The predicted octanol–water partition coefficient (Wildman–Crippen LogP) is 2.58. The van der Waals surface area contributed by atoms with Crippen LogP contribution in [0, 0.1) is 0 Å². The second kappa shape index (κ2) is 7.27. The van der Waals surface area contributed by atoms with Crippen molar-refractivity contribution in [2.24, 2.45) is 0 Å². The zero-order valence-electron chi connectivity index (χ0n) is 15.7. The van der Waals surface area contributed by atoms with Crippen LogP contribution in [0.15, 0.2) is 40.7 Å². The first kappa shape index (κ1) is 17.9. The molecule has 1 aromatic carbocycles. The molecular formula is C21H25N3O3. The average Bonchev–Trinajstić information content (AvgIpc) is 2.66. The number of H-pyrrole nitrogens is 1. The van der Waals surface area contributed by atoms with Crippen molar-refractivity contribution in [3.63, 3.8) is 0 Å². The molecule has 1 spiro atoms. The quantitative estimate of drug-likeness (QED) is 0.846. The Morgan fingerprint density at radius 1 is 1.30 bits per heavy atom. The number of piperidine rings is 1. The number of nitrogens with one attached hydrogen (secondary N) is 1. The maximum Gasteiger partial charge on any atom is 0.270 e. The number of carbonyl (C=O) groups is 1. The Morgan fingerprint density at radius 2 is 2.07 bits per heavy atom. The fourth-order valence-electron chi connectivity index (χ4n) is 4.02. The van der Waals surface area contributed by atoms with Crippen molar-refractivity contribution in [2.45, 2.75) is 44.6 Å².